The van der Waals surface area contributed by atoms with E-state index in [0.29, 0.717) is 17.2 Å². The lowest BCUT2D eigenvalue weighted by Crippen LogP contribution is -2.20. The first-order valence-corrected chi connectivity index (χ1v) is 9.93. The van der Waals surface area contributed by atoms with Crippen molar-refractivity contribution < 1.29 is 23.8 Å². The second-order valence-electron chi connectivity index (χ2n) is 7.09. The summed E-state index contributed by atoms with van der Waals surface area (Å²) in [6, 6.07) is 18.7. The third-order valence-corrected chi connectivity index (χ3v) is 4.37. The molecule has 3 aromatic rings. The first-order valence-electron chi connectivity index (χ1n) is 9.93. The van der Waals surface area contributed by atoms with Crippen LogP contribution in [-0.4, -0.2) is 31.7 Å². The fourth-order valence-electron chi connectivity index (χ4n) is 3.01. The van der Waals surface area contributed by atoms with Gasteiger partial charge in [-0.15, -0.1) is 0 Å². The molecule has 0 atom stereocenters. The molecule has 0 unspecified atom stereocenters. The lowest BCUT2D eigenvalue weighted by atomic mass is 10.1. The Morgan fingerprint density at radius 1 is 1.00 bits per heavy atom. The second-order valence-corrected chi connectivity index (χ2v) is 7.09. The number of rotatable bonds is 8. The average molecular weight is 419 g/mol. The molecular weight excluding hydrogens is 394 g/mol. The van der Waals surface area contributed by atoms with Gasteiger partial charge in [-0.3, -0.25) is 4.79 Å². The molecule has 0 aromatic heterocycles. The van der Waals surface area contributed by atoms with Crippen LogP contribution in [0.25, 0.3) is 16.8 Å². The van der Waals surface area contributed by atoms with Gasteiger partial charge in [0.05, 0.1) is 13.2 Å². The number of carbonyl (C=O) groups is 2. The van der Waals surface area contributed by atoms with Crippen molar-refractivity contribution in [1.82, 2.24) is 0 Å². The number of carbonyl (C=O) groups excluding carboxylic acids is 2. The summed E-state index contributed by atoms with van der Waals surface area (Å²) in [5.74, 6) is 0.172. The number of methoxy groups -OCH3 is 1. The zero-order valence-corrected chi connectivity index (χ0v) is 17.8. The second kappa shape index (κ2) is 10.3. The number of benzene rings is 3. The molecule has 0 radical (unpaired) electrons. The summed E-state index contributed by atoms with van der Waals surface area (Å²) in [6.45, 7) is 3.48. The number of anilines is 1. The van der Waals surface area contributed by atoms with Gasteiger partial charge in [-0.2, -0.15) is 0 Å². The maximum Gasteiger partial charge on any atom is 0.331 e. The van der Waals surface area contributed by atoms with Crippen molar-refractivity contribution in [3.8, 4) is 11.5 Å². The van der Waals surface area contributed by atoms with Crippen molar-refractivity contribution in [2.45, 2.75) is 20.0 Å². The summed E-state index contributed by atoms with van der Waals surface area (Å²) in [5.41, 5.74) is 1.41. The Morgan fingerprint density at radius 3 is 2.55 bits per heavy atom. The highest BCUT2D eigenvalue weighted by Crippen LogP contribution is 2.29. The predicted molar refractivity (Wildman–Crippen MR) is 121 cm³/mol. The van der Waals surface area contributed by atoms with Gasteiger partial charge in [-0.05, 0) is 49.1 Å². The molecule has 0 bridgehead atoms. The van der Waals surface area contributed by atoms with Crippen molar-refractivity contribution in [2.75, 3.05) is 19.0 Å². The van der Waals surface area contributed by atoms with Gasteiger partial charge in [0.2, 0.25) is 0 Å². The molecule has 0 saturated heterocycles. The molecule has 1 N–H and O–H groups in total. The van der Waals surface area contributed by atoms with Crippen LogP contribution >= 0.6 is 0 Å². The van der Waals surface area contributed by atoms with Crippen LogP contribution in [0.2, 0.25) is 0 Å². The van der Waals surface area contributed by atoms with Gasteiger partial charge in [-0.25, -0.2) is 4.79 Å². The Morgan fingerprint density at radius 2 is 1.77 bits per heavy atom. The third-order valence-electron chi connectivity index (χ3n) is 4.37. The van der Waals surface area contributed by atoms with Crippen LogP contribution in [0.4, 0.5) is 5.69 Å². The number of esters is 1. The van der Waals surface area contributed by atoms with Gasteiger partial charge >= 0.3 is 5.97 Å². The van der Waals surface area contributed by atoms with Crippen LogP contribution < -0.4 is 14.8 Å². The van der Waals surface area contributed by atoms with Gasteiger partial charge in [0.1, 0.15) is 0 Å². The first kappa shape index (κ1) is 21.9. The maximum absolute atomic E-state index is 12.2. The number of fused-ring (bicyclic) bond motifs is 1. The zero-order chi connectivity index (χ0) is 22.2. The first-order chi connectivity index (χ1) is 15.0. The normalized spacial score (nSPS) is 11.0. The number of ether oxygens (including phenoxy) is 3. The molecule has 0 saturated carbocycles. The molecule has 0 spiro atoms. The highest BCUT2D eigenvalue weighted by molar-refractivity contribution is 6.03. The van der Waals surface area contributed by atoms with Crippen molar-refractivity contribution in [1.29, 1.82) is 0 Å². The summed E-state index contributed by atoms with van der Waals surface area (Å²) in [6.07, 6.45) is 2.88. The minimum Gasteiger partial charge on any atom is -0.493 e. The van der Waals surface area contributed by atoms with E-state index in [2.05, 4.69) is 5.32 Å². The van der Waals surface area contributed by atoms with Crippen molar-refractivity contribution in [3.63, 3.8) is 0 Å². The molecule has 160 valence electrons. The maximum atomic E-state index is 12.2. The topological polar surface area (TPSA) is 73.9 Å². The largest absolute Gasteiger partial charge is 0.493 e. The van der Waals surface area contributed by atoms with E-state index in [1.165, 1.54) is 6.08 Å². The van der Waals surface area contributed by atoms with Gasteiger partial charge in [-0.1, -0.05) is 42.5 Å². The van der Waals surface area contributed by atoms with Gasteiger partial charge < -0.3 is 19.5 Å². The molecule has 31 heavy (non-hydrogen) atoms. The quantitative estimate of drug-likeness (QED) is 0.418. The van der Waals surface area contributed by atoms with E-state index in [1.54, 1.807) is 31.4 Å². The highest BCUT2D eigenvalue weighted by Gasteiger charge is 2.09. The Kier molecular flexibility index (Phi) is 7.27. The highest BCUT2D eigenvalue weighted by atomic mass is 16.5. The lowest BCUT2D eigenvalue weighted by molar-refractivity contribution is -0.142. The van der Waals surface area contributed by atoms with Gasteiger partial charge in [0, 0.05) is 17.1 Å². The minimum atomic E-state index is -0.616. The van der Waals surface area contributed by atoms with Crippen LogP contribution in [0, 0.1) is 0 Å². The summed E-state index contributed by atoms with van der Waals surface area (Å²) < 4.78 is 16.1. The molecule has 0 heterocycles. The molecule has 6 nitrogen and oxygen atoms in total. The molecule has 0 fully saturated rings. The molecule has 3 rings (SSSR count). The van der Waals surface area contributed by atoms with E-state index >= 15 is 0 Å². The fraction of sp³-hybridized carbons (Fsp3) is 0.200. The van der Waals surface area contributed by atoms with Gasteiger partial charge in [0.25, 0.3) is 5.91 Å². The number of amides is 1. The Balaban J connectivity index is 1.56. The smallest absolute Gasteiger partial charge is 0.331 e. The molecule has 0 aliphatic heterocycles. The molecule has 6 heteroatoms. The molecule has 1 amide bonds. The summed E-state index contributed by atoms with van der Waals surface area (Å²) in [5, 5.41) is 4.71. The summed E-state index contributed by atoms with van der Waals surface area (Å²) in [7, 11) is 1.55. The number of hydrogen-bond donors (Lipinski definition) is 1. The number of hydrogen-bond acceptors (Lipinski definition) is 5. The average Bonchev–Trinajstić information content (AvgIpc) is 2.77. The van der Waals surface area contributed by atoms with Crippen molar-refractivity contribution in [2.24, 2.45) is 0 Å². The van der Waals surface area contributed by atoms with Crippen molar-refractivity contribution in [3.05, 3.63) is 72.3 Å². The Labute approximate surface area is 181 Å². The van der Waals surface area contributed by atoms with E-state index in [9.17, 15) is 9.59 Å². The van der Waals surface area contributed by atoms with E-state index in [1.807, 2.05) is 56.3 Å². The third kappa shape index (κ3) is 6.09. The fourth-order valence-corrected chi connectivity index (χ4v) is 3.01. The zero-order valence-electron chi connectivity index (χ0n) is 17.8. The van der Waals surface area contributed by atoms with Gasteiger partial charge in [0.15, 0.2) is 18.1 Å². The molecule has 0 aliphatic carbocycles. The Bertz CT molecular complexity index is 1100. The van der Waals surface area contributed by atoms with Crippen LogP contribution in [-0.2, 0) is 14.3 Å². The van der Waals surface area contributed by atoms with E-state index < -0.39 is 11.9 Å². The minimum absolute atomic E-state index is 0.0188. The monoisotopic (exact) mass is 419 g/mol. The summed E-state index contributed by atoms with van der Waals surface area (Å²) in [4.78, 5) is 24.2. The standard InChI is InChI=1S/C25H25NO5/c1-17(2)31-22-13-11-18(15-23(22)29-3)12-14-25(28)30-16-24(27)26-21-10-6-8-19-7-4-5-9-20(19)21/h4-15,17H,16H2,1-3H3,(H,26,27)/b14-12+. The molecular formula is C25H25NO5. The van der Waals surface area contributed by atoms with Crippen molar-refractivity contribution >= 4 is 34.4 Å². The van der Waals surface area contributed by atoms with Crippen LogP contribution in [0.3, 0.4) is 0 Å². The van der Waals surface area contributed by atoms with E-state index in [-0.39, 0.29) is 12.7 Å². The predicted octanol–water partition coefficient (Wildman–Crippen LogP) is 4.83. The van der Waals surface area contributed by atoms with Crippen LogP contribution in [0.1, 0.15) is 19.4 Å². The number of nitrogens with one attached hydrogen (secondary N) is 1. The lowest BCUT2D eigenvalue weighted by Gasteiger charge is -2.13. The van der Waals surface area contributed by atoms with E-state index in [4.69, 9.17) is 14.2 Å². The van der Waals surface area contributed by atoms with E-state index in [0.717, 1.165) is 16.3 Å². The Hall–Kier alpha value is -3.80. The molecule has 3 aromatic carbocycles. The van der Waals surface area contributed by atoms with Crippen LogP contribution in [0.5, 0.6) is 11.5 Å². The summed E-state index contributed by atoms with van der Waals surface area (Å²) >= 11 is 0. The SMILES string of the molecule is COc1cc(/C=C/C(=O)OCC(=O)Nc2cccc3ccccc23)ccc1OC(C)C. The molecule has 0 aliphatic rings. The van der Waals surface area contributed by atoms with Crippen LogP contribution in [0.15, 0.2) is 66.7 Å².